The maximum absolute atomic E-state index is 13.2. The molecule has 0 rings (SSSR count). The van der Waals surface area contributed by atoms with Crippen LogP contribution in [0.4, 0.5) is 0 Å². The van der Waals surface area contributed by atoms with Crippen molar-refractivity contribution >= 4 is 11.9 Å². The molecule has 0 bridgehead atoms. The average Bonchev–Trinajstić information content (AvgIpc) is 3.23. The van der Waals surface area contributed by atoms with E-state index in [0.717, 1.165) is 96.3 Å². The fraction of sp³-hybridized carbons (Fsp3) is 0.736. The second kappa shape index (κ2) is 46.4. The second-order valence-electron chi connectivity index (χ2n) is 16.6. The Labute approximate surface area is 364 Å². The number of hydrogen-bond donors (Lipinski definition) is 3. The van der Waals surface area contributed by atoms with Gasteiger partial charge < -0.3 is 20.3 Å². The van der Waals surface area contributed by atoms with E-state index in [2.05, 4.69) is 99.0 Å². The van der Waals surface area contributed by atoms with E-state index in [1.165, 1.54) is 83.5 Å². The minimum atomic E-state index is -0.802. The largest absolute Gasteiger partial charge is 0.462 e. The Hall–Kier alpha value is -2.70. The minimum Gasteiger partial charge on any atom is -0.462 e. The highest BCUT2D eigenvalue weighted by atomic mass is 16.5. The van der Waals surface area contributed by atoms with Gasteiger partial charge in [0.05, 0.1) is 25.2 Å². The Morgan fingerprint density at radius 3 is 1.39 bits per heavy atom. The molecular formula is C53H93NO5. The van der Waals surface area contributed by atoms with Crippen LogP contribution in [0.1, 0.15) is 226 Å². The molecule has 0 aromatic rings. The Bertz CT molecular complexity index is 1110. The lowest BCUT2D eigenvalue weighted by atomic mass is 10.0. The van der Waals surface area contributed by atoms with Crippen molar-refractivity contribution in [1.29, 1.82) is 0 Å². The number of amides is 1. The molecule has 0 aliphatic carbocycles. The van der Waals surface area contributed by atoms with E-state index in [1.807, 2.05) is 0 Å². The van der Waals surface area contributed by atoms with Gasteiger partial charge in [-0.2, -0.15) is 0 Å². The van der Waals surface area contributed by atoms with Crippen LogP contribution in [0.2, 0.25) is 0 Å². The topological polar surface area (TPSA) is 95.9 Å². The summed E-state index contributed by atoms with van der Waals surface area (Å²) in [5.74, 6) is -0.535. The molecule has 0 saturated heterocycles. The Kier molecular flexibility index (Phi) is 44.2. The van der Waals surface area contributed by atoms with Crippen LogP contribution >= 0.6 is 0 Å². The first-order valence-electron chi connectivity index (χ1n) is 24.7. The SMILES string of the molecule is CC/C=C/C=C/C=C\CCCCCCCC(=O)OC(CCCCC/C=C/C=C/C=C/CCCCCCC)CC(=O)NC(CO)C(O)CCCCCCCCCCCCC. The van der Waals surface area contributed by atoms with Crippen LogP contribution in [0, 0.1) is 0 Å². The molecule has 0 radical (unpaired) electrons. The molecule has 6 heteroatoms. The summed E-state index contributed by atoms with van der Waals surface area (Å²) >= 11 is 0. The van der Waals surface area contributed by atoms with Gasteiger partial charge >= 0.3 is 5.97 Å². The standard InChI is InChI=1S/C53H93NO5/c1-4-7-10-13-16-19-22-24-25-26-28-30-32-35-38-41-44-49(59-53(58)46-43-40-37-34-31-27-23-20-17-14-11-8-5-2)47-52(57)54-50(48-55)51(56)45-42-39-36-33-29-21-18-15-12-9-6-3/h8,11,14,17,20,22-26,28,30,49-51,55-56H,4-7,9-10,12-13,15-16,18-19,21,27,29,31-48H2,1-3H3,(H,54,57)/b11-8+,17-14+,23-20-,24-22+,26-25+,30-28+. The summed E-state index contributed by atoms with van der Waals surface area (Å²) in [4.78, 5) is 26.1. The number of carbonyl (C=O) groups is 2. The number of nitrogens with one attached hydrogen (secondary N) is 1. The molecule has 3 unspecified atom stereocenters. The molecule has 0 aliphatic rings. The fourth-order valence-corrected chi connectivity index (χ4v) is 7.14. The number of aliphatic hydroxyl groups excluding tert-OH is 2. The summed E-state index contributed by atoms with van der Waals surface area (Å²) in [7, 11) is 0. The van der Waals surface area contributed by atoms with Gasteiger partial charge in [0.15, 0.2) is 0 Å². The van der Waals surface area contributed by atoms with Crippen LogP contribution < -0.4 is 5.32 Å². The van der Waals surface area contributed by atoms with Crippen molar-refractivity contribution in [3.8, 4) is 0 Å². The van der Waals surface area contributed by atoms with Crippen LogP contribution in [0.5, 0.6) is 0 Å². The van der Waals surface area contributed by atoms with Gasteiger partial charge in [0.25, 0.3) is 0 Å². The number of unbranched alkanes of at least 4 members (excludes halogenated alkanes) is 23. The zero-order chi connectivity index (χ0) is 43.1. The van der Waals surface area contributed by atoms with E-state index in [0.29, 0.717) is 19.3 Å². The highest BCUT2D eigenvalue weighted by Crippen LogP contribution is 2.17. The van der Waals surface area contributed by atoms with E-state index in [4.69, 9.17) is 4.74 Å². The lowest BCUT2D eigenvalue weighted by Gasteiger charge is -2.24. The molecule has 0 aromatic heterocycles. The third-order valence-electron chi connectivity index (χ3n) is 10.9. The molecule has 3 N–H and O–H groups in total. The molecule has 0 spiro atoms. The van der Waals surface area contributed by atoms with Gasteiger partial charge in [-0.25, -0.2) is 0 Å². The quantitative estimate of drug-likeness (QED) is 0.0323. The van der Waals surface area contributed by atoms with Gasteiger partial charge in [-0.3, -0.25) is 9.59 Å². The molecule has 0 aliphatic heterocycles. The molecule has 0 saturated carbocycles. The zero-order valence-electron chi connectivity index (χ0n) is 38.6. The summed E-state index contributed by atoms with van der Waals surface area (Å²) in [6, 6.07) is -0.719. The summed E-state index contributed by atoms with van der Waals surface area (Å²) in [6.45, 7) is 6.30. The number of carbonyl (C=O) groups excluding carboxylic acids is 2. The van der Waals surface area contributed by atoms with Crippen molar-refractivity contribution in [1.82, 2.24) is 5.32 Å². The number of esters is 1. The minimum absolute atomic E-state index is 0.0436. The summed E-state index contributed by atoms with van der Waals surface area (Å²) in [5.41, 5.74) is 0. The van der Waals surface area contributed by atoms with Gasteiger partial charge in [-0.15, -0.1) is 0 Å². The third-order valence-corrected chi connectivity index (χ3v) is 10.9. The molecule has 0 heterocycles. The Morgan fingerprint density at radius 1 is 0.508 bits per heavy atom. The van der Waals surface area contributed by atoms with Crippen molar-refractivity contribution in [3.05, 3.63) is 72.9 Å². The number of rotatable bonds is 43. The van der Waals surface area contributed by atoms with E-state index >= 15 is 0 Å². The smallest absolute Gasteiger partial charge is 0.306 e. The Morgan fingerprint density at radius 2 is 0.915 bits per heavy atom. The summed E-state index contributed by atoms with van der Waals surface area (Å²) in [6.07, 6.45) is 58.1. The maximum atomic E-state index is 13.2. The Balaban J connectivity index is 4.72. The molecular weight excluding hydrogens is 731 g/mol. The summed E-state index contributed by atoms with van der Waals surface area (Å²) < 4.78 is 5.90. The van der Waals surface area contributed by atoms with Crippen LogP contribution in [0.3, 0.4) is 0 Å². The third kappa shape index (κ3) is 41.8. The molecule has 3 atom stereocenters. The highest BCUT2D eigenvalue weighted by Gasteiger charge is 2.24. The molecule has 0 fully saturated rings. The van der Waals surface area contributed by atoms with Crippen molar-refractivity contribution in [2.75, 3.05) is 6.61 Å². The molecule has 59 heavy (non-hydrogen) atoms. The molecule has 340 valence electrons. The monoisotopic (exact) mass is 824 g/mol. The van der Waals surface area contributed by atoms with Crippen molar-refractivity contribution < 1.29 is 24.5 Å². The van der Waals surface area contributed by atoms with Crippen molar-refractivity contribution in [2.45, 2.75) is 244 Å². The van der Waals surface area contributed by atoms with Crippen LogP contribution in [0.25, 0.3) is 0 Å². The first kappa shape index (κ1) is 56.3. The predicted molar refractivity (Wildman–Crippen MR) is 255 cm³/mol. The van der Waals surface area contributed by atoms with Gasteiger partial charge in [0.2, 0.25) is 5.91 Å². The fourth-order valence-electron chi connectivity index (χ4n) is 7.14. The van der Waals surface area contributed by atoms with Gasteiger partial charge in [0.1, 0.15) is 6.10 Å². The maximum Gasteiger partial charge on any atom is 0.306 e. The second-order valence-corrected chi connectivity index (χ2v) is 16.6. The lowest BCUT2D eigenvalue weighted by molar-refractivity contribution is -0.151. The van der Waals surface area contributed by atoms with Crippen LogP contribution in [0.15, 0.2) is 72.9 Å². The average molecular weight is 824 g/mol. The molecule has 0 aromatic carbocycles. The summed E-state index contributed by atoms with van der Waals surface area (Å²) in [5, 5.41) is 23.7. The lowest BCUT2D eigenvalue weighted by Crippen LogP contribution is -2.46. The first-order chi connectivity index (χ1) is 29.0. The van der Waals surface area contributed by atoms with Gasteiger partial charge in [0, 0.05) is 6.42 Å². The normalized spacial score (nSPS) is 13.9. The van der Waals surface area contributed by atoms with Gasteiger partial charge in [-0.05, 0) is 70.6 Å². The van der Waals surface area contributed by atoms with Crippen LogP contribution in [-0.2, 0) is 14.3 Å². The van der Waals surface area contributed by atoms with Crippen molar-refractivity contribution in [2.24, 2.45) is 0 Å². The number of ether oxygens (including phenoxy) is 1. The predicted octanol–water partition coefficient (Wildman–Crippen LogP) is 14.6. The highest BCUT2D eigenvalue weighted by molar-refractivity contribution is 5.77. The van der Waals surface area contributed by atoms with E-state index in [-0.39, 0.29) is 24.9 Å². The van der Waals surface area contributed by atoms with E-state index < -0.39 is 18.2 Å². The van der Waals surface area contributed by atoms with E-state index in [1.54, 1.807) is 0 Å². The number of aliphatic hydroxyl groups is 2. The molecule has 6 nitrogen and oxygen atoms in total. The van der Waals surface area contributed by atoms with E-state index in [9.17, 15) is 19.8 Å². The number of allylic oxidation sites excluding steroid dienone is 12. The van der Waals surface area contributed by atoms with Crippen molar-refractivity contribution in [3.63, 3.8) is 0 Å². The van der Waals surface area contributed by atoms with Gasteiger partial charge in [-0.1, -0.05) is 216 Å². The first-order valence-corrected chi connectivity index (χ1v) is 24.7. The number of hydrogen-bond acceptors (Lipinski definition) is 5. The zero-order valence-corrected chi connectivity index (χ0v) is 38.6. The van der Waals surface area contributed by atoms with Crippen LogP contribution in [-0.4, -0.2) is 46.9 Å². The molecule has 1 amide bonds.